The van der Waals surface area contributed by atoms with Crippen LogP contribution in [0.1, 0.15) is 26.3 Å². The van der Waals surface area contributed by atoms with Crippen molar-refractivity contribution in [2.24, 2.45) is 0 Å². The Hall–Kier alpha value is -2.04. The number of rotatable bonds is 2. The second-order valence-corrected chi connectivity index (χ2v) is 4.46. The topological polar surface area (TPSA) is 0 Å². The monoisotopic (exact) mass is 234 g/mol. The molecule has 0 aliphatic carbocycles. The van der Waals surface area contributed by atoms with Gasteiger partial charge in [0.05, 0.1) is 0 Å². The summed E-state index contributed by atoms with van der Waals surface area (Å²) in [5, 5.41) is 2.57. The zero-order chi connectivity index (χ0) is 13.0. The molecule has 0 heterocycles. The molecule has 0 heteroatoms. The fraction of sp³-hybridized carbons (Fsp3) is 0.167. The molecule has 0 atom stereocenters. The molecule has 0 radical (unpaired) electrons. The second kappa shape index (κ2) is 5.53. The van der Waals surface area contributed by atoms with Crippen LogP contribution in [0.5, 0.6) is 0 Å². The standard InChI is InChI=1S/C18H18/c1-4-8-14(2)13-15(3)17-12-7-10-16-9-5-6-11-18(16)17/h4-12H,1-3H3/b8-4+. The summed E-state index contributed by atoms with van der Waals surface area (Å²) in [6.07, 6.45) is 4.12. The van der Waals surface area contributed by atoms with E-state index in [4.69, 9.17) is 0 Å². The first-order valence-electron chi connectivity index (χ1n) is 6.27. The lowest BCUT2D eigenvalue weighted by Crippen LogP contribution is -1.82. The van der Waals surface area contributed by atoms with Crippen LogP contribution in [0.2, 0.25) is 0 Å². The van der Waals surface area contributed by atoms with Crippen molar-refractivity contribution in [3.8, 4) is 0 Å². The molecule has 0 aliphatic heterocycles. The molecular weight excluding hydrogens is 216 g/mol. The van der Waals surface area contributed by atoms with Crippen LogP contribution in [0.25, 0.3) is 16.3 Å². The van der Waals surface area contributed by atoms with E-state index >= 15 is 0 Å². The number of hydrogen-bond acceptors (Lipinski definition) is 0. The maximum Gasteiger partial charge on any atom is -0.000999 e. The molecule has 2 aromatic rings. The van der Waals surface area contributed by atoms with Crippen molar-refractivity contribution < 1.29 is 0 Å². The third kappa shape index (κ3) is 2.61. The lowest BCUT2D eigenvalue weighted by Gasteiger charge is -2.05. The van der Waals surface area contributed by atoms with Gasteiger partial charge in [-0.15, -0.1) is 5.73 Å². The molecule has 0 fully saturated rings. The highest BCUT2D eigenvalue weighted by molar-refractivity contribution is 5.93. The molecule has 18 heavy (non-hydrogen) atoms. The minimum atomic E-state index is 1.16. The first kappa shape index (κ1) is 12.4. The molecule has 0 spiro atoms. The van der Waals surface area contributed by atoms with Crippen LogP contribution in [0.4, 0.5) is 0 Å². The molecule has 0 saturated heterocycles. The van der Waals surface area contributed by atoms with E-state index in [1.165, 1.54) is 21.9 Å². The smallest absolute Gasteiger partial charge is 0.000999 e. The van der Waals surface area contributed by atoms with Crippen LogP contribution >= 0.6 is 0 Å². The van der Waals surface area contributed by atoms with Crippen LogP contribution in [0, 0.1) is 0 Å². The quantitative estimate of drug-likeness (QED) is 0.484. The molecule has 0 nitrogen and oxygen atoms in total. The van der Waals surface area contributed by atoms with E-state index in [1.807, 2.05) is 13.0 Å². The maximum atomic E-state index is 3.44. The van der Waals surface area contributed by atoms with Crippen molar-refractivity contribution in [3.05, 3.63) is 71.5 Å². The van der Waals surface area contributed by atoms with Gasteiger partial charge in [-0.05, 0) is 48.3 Å². The molecule has 0 bridgehead atoms. The largest absolute Gasteiger partial charge is 0.114 e. The summed E-state index contributed by atoms with van der Waals surface area (Å²) in [6.45, 7) is 6.22. The summed E-state index contributed by atoms with van der Waals surface area (Å²) in [5.41, 5.74) is 7.04. The van der Waals surface area contributed by atoms with Crippen molar-refractivity contribution in [1.29, 1.82) is 0 Å². The van der Waals surface area contributed by atoms with Crippen LogP contribution in [-0.4, -0.2) is 0 Å². The summed E-state index contributed by atoms with van der Waals surface area (Å²) in [6, 6.07) is 14.9. The predicted molar refractivity (Wildman–Crippen MR) is 80.5 cm³/mol. The van der Waals surface area contributed by atoms with E-state index in [9.17, 15) is 0 Å². The van der Waals surface area contributed by atoms with Gasteiger partial charge in [-0.25, -0.2) is 0 Å². The Morgan fingerprint density at radius 2 is 1.72 bits per heavy atom. The zero-order valence-electron chi connectivity index (χ0n) is 11.2. The first-order chi connectivity index (χ1) is 8.72. The number of allylic oxidation sites excluding steroid dienone is 3. The normalized spacial score (nSPS) is 10.6. The van der Waals surface area contributed by atoms with Crippen molar-refractivity contribution in [2.75, 3.05) is 0 Å². The highest BCUT2D eigenvalue weighted by atomic mass is 14.0. The summed E-state index contributed by atoms with van der Waals surface area (Å²) in [4.78, 5) is 0. The van der Waals surface area contributed by atoms with Gasteiger partial charge in [0, 0.05) is 0 Å². The van der Waals surface area contributed by atoms with Gasteiger partial charge >= 0.3 is 0 Å². The van der Waals surface area contributed by atoms with Crippen molar-refractivity contribution >= 4 is 16.3 Å². The van der Waals surface area contributed by atoms with Crippen LogP contribution in [-0.2, 0) is 0 Å². The Labute approximate surface area is 109 Å². The third-order valence-corrected chi connectivity index (χ3v) is 2.99. The fourth-order valence-electron chi connectivity index (χ4n) is 2.21. The SMILES string of the molecule is C/C=C/C(C)=C=C(C)c1cccc2ccccc12. The van der Waals surface area contributed by atoms with Gasteiger partial charge in [-0.2, -0.15) is 0 Å². The second-order valence-electron chi connectivity index (χ2n) is 4.46. The lowest BCUT2D eigenvalue weighted by atomic mass is 9.99. The molecule has 0 N–H and O–H groups in total. The Balaban J connectivity index is 2.65. The number of fused-ring (bicyclic) bond motifs is 1. The Kier molecular flexibility index (Phi) is 3.82. The predicted octanol–water partition coefficient (Wildman–Crippen LogP) is 5.36. The minimum absolute atomic E-state index is 1.16. The highest BCUT2D eigenvalue weighted by Crippen LogP contribution is 2.24. The van der Waals surface area contributed by atoms with Crippen LogP contribution < -0.4 is 0 Å². The maximum absolute atomic E-state index is 3.44. The highest BCUT2D eigenvalue weighted by Gasteiger charge is 2.01. The van der Waals surface area contributed by atoms with E-state index in [-0.39, 0.29) is 0 Å². The minimum Gasteiger partial charge on any atom is -0.114 e. The number of benzene rings is 2. The van der Waals surface area contributed by atoms with Gasteiger partial charge < -0.3 is 0 Å². The van der Waals surface area contributed by atoms with Crippen molar-refractivity contribution in [3.63, 3.8) is 0 Å². The molecule has 2 aromatic carbocycles. The molecule has 0 aromatic heterocycles. The molecule has 2 rings (SSSR count). The van der Waals surface area contributed by atoms with E-state index in [1.54, 1.807) is 0 Å². The Bertz CT molecular complexity index is 645. The molecule has 0 saturated carbocycles. The van der Waals surface area contributed by atoms with E-state index in [0.717, 1.165) is 5.57 Å². The summed E-state index contributed by atoms with van der Waals surface area (Å²) < 4.78 is 0. The molecule has 90 valence electrons. The van der Waals surface area contributed by atoms with Gasteiger partial charge in [0.2, 0.25) is 0 Å². The van der Waals surface area contributed by atoms with Gasteiger partial charge in [-0.3, -0.25) is 0 Å². The molecule has 0 aliphatic rings. The summed E-state index contributed by atoms with van der Waals surface area (Å²) >= 11 is 0. The van der Waals surface area contributed by atoms with Gasteiger partial charge in [0.1, 0.15) is 0 Å². The van der Waals surface area contributed by atoms with Gasteiger partial charge in [0.15, 0.2) is 0 Å². The molecular formula is C18H18. The Morgan fingerprint density at radius 3 is 2.50 bits per heavy atom. The van der Waals surface area contributed by atoms with Crippen LogP contribution in [0.3, 0.4) is 0 Å². The van der Waals surface area contributed by atoms with E-state index < -0.39 is 0 Å². The third-order valence-electron chi connectivity index (χ3n) is 2.99. The average Bonchev–Trinajstić information content (AvgIpc) is 2.38. The first-order valence-corrected chi connectivity index (χ1v) is 6.27. The van der Waals surface area contributed by atoms with Crippen molar-refractivity contribution in [2.45, 2.75) is 20.8 Å². The lowest BCUT2D eigenvalue weighted by molar-refractivity contribution is 1.51. The molecule has 0 amide bonds. The fourth-order valence-corrected chi connectivity index (χ4v) is 2.21. The average molecular weight is 234 g/mol. The number of hydrogen-bond donors (Lipinski definition) is 0. The summed E-state index contributed by atoms with van der Waals surface area (Å²) in [7, 11) is 0. The van der Waals surface area contributed by atoms with Crippen LogP contribution in [0.15, 0.2) is 65.9 Å². The van der Waals surface area contributed by atoms with E-state index in [2.05, 4.69) is 68.1 Å². The molecule has 0 unspecified atom stereocenters. The van der Waals surface area contributed by atoms with Crippen molar-refractivity contribution in [1.82, 2.24) is 0 Å². The van der Waals surface area contributed by atoms with Gasteiger partial charge in [0.25, 0.3) is 0 Å². The zero-order valence-corrected chi connectivity index (χ0v) is 11.2. The summed E-state index contributed by atoms with van der Waals surface area (Å²) in [5.74, 6) is 0. The Morgan fingerprint density at radius 1 is 1.00 bits per heavy atom. The van der Waals surface area contributed by atoms with Gasteiger partial charge in [-0.1, -0.05) is 54.6 Å². The van der Waals surface area contributed by atoms with E-state index in [0.29, 0.717) is 0 Å².